The number of hydrogen-bond acceptors (Lipinski definition) is 22. The molecule has 0 aliphatic carbocycles. The fourth-order valence-corrected chi connectivity index (χ4v) is 8.93. The van der Waals surface area contributed by atoms with Gasteiger partial charge in [-0.25, -0.2) is 69.8 Å². The molecular weight excluding hydrogens is 1070 g/mol. The van der Waals surface area contributed by atoms with Gasteiger partial charge < -0.3 is 47.9 Å². The summed E-state index contributed by atoms with van der Waals surface area (Å²) in [5.74, 6) is 4.53. The van der Waals surface area contributed by atoms with E-state index in [-0.39, 0.29) is 139 Å². The van der Waals surface area contributed by atoms with Crippen molar-refractivity contribution in [2.24, 2.45) is 0 Å². The molecule has 0 unspecified atom stereocenters. The summed E-state index contributed by atoms with van der Waals surface area (Å²) < 4.78 is 49.8. The van der Waals surface area contributed by atoms with Gasteiger partial charge in [0.25, 0.3) is 0 Å². The quantitative estimate of drug-likeness (QED) is 0.0909. The molecule has 0 saturated carbocycles. The van der Waals surface area contributed by atoms with Crippen LogP contribution in [0.25, 0.3) is 90.7 Å². The summed E-state index contributed by atoms with van der Waals surface area (Å²) in [4.78, 5) is 76.2. The summed E-state index contributed by atoms with van der Waals surface area (Å²) in [5.41, 5.74) is 2.65. The predicted octanol–water partition coefficient (Wildman–Crippen LogP) is 12.3. The number of nitrogens with zero attached hydrogens (tertiary/aromatic N) is 14. The fourth-order valence-electron chi connectivity index (χ4n) is 8.93. The number of aromatic amines is 2. The smallest absolute Gasteiger partial charge is 0.238 e. The average molecular weight is 1120 g/mol. The van der Waals surface area contributed by atoms with E-state index in [0.717, 1.165) is 0 Å². The molecule has 2 aliphatic rings. The second-order valence-corrected chi connectivity index (χ2v) is 20.1. The number of ether oxygens (including phenoxy) is 8. The van der Waals surface area contributed by atoms with Gasteiger partial charge in [0.15, 0.2) is 91.9 Å². The molecule has 0 saturated heterocycles. The van der Waals surface area contributed by atoms with Crippen molar-refractivity contribution in [2.75, 3.05) is 0 Å². The highest BCUT2D eigenvalue weighted by Crippen LogP contribution is 2.40. The summed E-state index contributed by atoms with van der Waals surface area (Å²) in [6.45, 7) is 15.4. The third kappa shape index (κ3) is 10.6. The van der Waals surface area contributed by atoms with E-state index < -0.39 is 0 Å². The SMILES string of the molecule is CC(C)Oc1ccccc1Oc1cnc2c(n1)-c1nc-2nc2[nH]c(nc3nc(nc4[nH]c(n1)c1ncc(Oc5ccccc5OC(C)C)nc41)-c1ncc(Oc4ccccc4OC(C)C)nc1-3)c1ncc(Oc3ccccc3OC(C)C)nc21. The topological polar surface area (TPSA) is 286 Å². The van der Waals surface area contributed by atoms with Gasteiger partial charge in [0, 0.05) is 0 Å². The lowest BCUT2D eigenvalue weighted by Gasteiger charge is -2.14. The van der Waals surface area contributed by atoms with Gasteiger partial charge in [-0.1, -0.05) is 48.5 Å². The molecule has 24 heteroatoms. The van der Waals surface area contributed by atoms with Crippen LogP contribution in [0.2, 0.25) is 0 Å². The van der Waals surface area contributed by atoms with Crippen molar-refractivity contribution in [1.29, 1.82) is 0 Å². The van der Waals surface area contributed by atoms with E-state index in [2.05, 4.69) is 9.97 Å². The Morgan fingerprint density at radius 3 is 0.845 bits per heavy atom. The van der Waals surface area contributed by atoms with E-state index in [9.17, 15) is 0 Å². The molecule has 9 heterocycles. The van der Waals surface area contributed by atoms with E-state index in [1.54, 1.807) is 24.3 Å². The maximum absolute atomic E-state index is 6.37. The molecule has 0 spiro atoms. The number of nitrogens with one attached hydrogen (secondary N) is 2. The fraction of sp³-hybridized carbons (Fsp3) is 0.200. The van der Waals surface area contributed by atoms with Gasteiger partial charge >= 0.3 is 0 Å². The highest BCUT2D eigenvalue weighted by atomic mass is 16.5. The highest BCUT2D eigenvalue weighted by Gasteiger charge is 2.29. The van der Waals surface area contributed by atoms with Gasteiger partial charge in [0.05, 0.1) is 49.2 Å². The molecule has 0 amide bonds. The molecule has 4 aromatic carbocycles. The molecule has 418 valence electrons. The Balaban J connectivity index is 1.05. The maximum atomic E-state index is 6.37. The minimum atomic E-state index is -0.135. The number of hydrogen-bond donors (Lipinski definition) is 2. The number of para-hydroxylation sites is 8. The van der Waals surface area contributed by atoms with Crippen LogP contribution in [-0.4, -0.2) is 104 Å². The zero-order chi connectivity index (χ0) is 57.6. The summed E-state index contributed by atoms with van der Waals surface area (Å²) in [6.07, 6.45) is 5.34. The van der Waals surface area contributed by atoms with Crippen LogP contribution < -0.4 is 37.9 Å². The summed E-state index contributed by atoms with van der Waals surface area (Å²) in [6, 6.07) is 29.1. The number of benzene rings is 4. The standard InChI is InChI=1S/C60H50N16O8/c1-29(2)77-33-17-9-13-21-37(33)81-41-25-61-45-49(65-41)57-69-53(45)74-58-51-47(63-27-43(67-51)83-39-23-15-11-19-35(39)79-31(5)6)55(71-58)76-60-52-48(64-28-44(68-52)84-40-24-16-12-20-36(40)80-32(7)8)56(72-60)75-59-50-46(54(70-59)73-57)62-26-42(66-50)82-38-22-14-10-18-34(38)78-30(3)4/h9-32H,1-8H3,(H2,69,70,71,72,73,74,75,76). The third-order valence-corrected chi connectivity index (χ3v) is 12.2. The Hall–Kier alpha value is -11.0. The minimum Gasteiger partial charge on any atom is -0.487 e. The molecular formula is C60H50N16O8. The zero-order valence-electron chi connectivity index (χ0n) is 46.4. The van der Waals surface area contributed by atoms with Crippen molar-refractivity contribution in [3.63, 3.8) is 0 Å². The van der Waals surface area contributed by atoms with Crippen molar-refractivity contribution in [2.45, 2.75) is 79.8 Å². The van der Waals surface area contributed by atoms with Crippen LogP contribution in [0.3, 0.4) is 0 Å². The van der Waals surface area contributed by atoms with Crippen LogP contribution >= 0.6 is 0 Å². The number of fused-ring (bicyclic) bond motifs is 20. The van der Waals surface area contributed by atoms with Gasteiger partial charge in [-0.3, -0.25) is 0 Å². The Kier molecular flexibility index (Phi) is 13.6. The molecule has 13 rings (SSSR count). The molecule has 7 aromatic heterocycles. The number of aromatic nitrogens is 16. The number of rotatable bonds is 16. The lowest BCUT2D eigenvalue weighted by molar-refractivity contribution is 0.232. The Bertz CT molecular complexity index is 4250. The van der Waals surface area contributed by atoms with Crippen LogP contribution in [0, 0.1) is 0 Å². The van der Waals surface area contributed by atoms with E-state index in [4.69, 9.17) is 108 Å². The predicted molar refractivity (Wildman–Crippen MR) is 308 cm³/mol. The van der Waals surface area contributed by atoms with Crippen LogP contribution in [0.1, 0.15) is 55.4 Å². The lowest BCUT2D eigenvalue weighted by Crippen LogP contribution is -2.06. The molecule has 84 heavy (non-hydrogen) atoms. The first-order valence-electron chi connectivity index (χ1n) is 26.9. The van der Waals surface area contributed by atoms with Crippen molar-refractivity contribution in [3.8, 4) is 116 Å². The molecule has 0 radical (unpaired) electrons. The van der Waals surface area contributed by atoms with E-state index in [1.807, 2.05) is 128 Å². The van der Waals surface area contributed by atoms with Crippen molar-refractivity contribution in [1.82, 2.24) is 79.7 Å². The van der Waals surface area contributed by atoms with Gasteiger partial charge in [-0.05, 0) is 104 Å². The van der Waals surface area contributed by atoms with E-state index in [1.165, 1.54) is 24.8 Å². The first-order valence-corrected chi connectivity index (χ1v) is 26.9. The van der Waals surface area contributed by atoms with E-state index >= 15 is 0 Å². The van der Waals surface area contributed by atoms with Crippen LogP contribution in [0.15, 0.2) is 122 Å². The Labute approximate surface area is 477 Å². The third-order valence-electron chi connectivity index (χ3n) is 12.2. The normalized spacial score (nSPS) is 11.8. The van der Waals surface area contributed by atoms with Gasteiger partial charge in [-0.15, -0.1) is 0 Å². The minimum absolute atomic E-state index is 0.0765. The highest BCUT2D eigenvalue weighted by molar-refractivity contribution is 6.01. The second-order valence-electron chi connectivity index (χ2n) is 20.1. The molecule has 2 N–H and O–H groups in total. The summed E-state index contributed by atoms with van der Waals surface area (Å²) >= 11 is 0. The molecule has 8 bridgehead atoms. The molecule has 0 fully saturated rings. The molecule has 2 aliphatic heterocycles. The molecule has 11 aromatic rings. The first kappa shape index (κ1) is 52.3. The molecule has 24 nitrogen and oxygen atoms in total. The largest absolute Gasteiger partial charge is 0.487 e. The van der Waals surface area contributed by atoms with Crippen LogP contribution in [0.5, 0.6) is 69.5 Å². The Morgan fingerprint density at radius 2 is 0.536 bits per heavy atom. The lowest BCUT2D eigenvalue weighted by atomic mass is 10.3. The Morgan fingerprint density at radius 1 is 0.274 bits per heavy atom. The van der Waals surface area contributed by atoms with Crippen LogP contribution in [-0.2, 0) is 0 Å². The molecule has 0 atom stereocenters. The monoisotopic (exact) mass is 1120 g/mol. The summed E-state index contributed by atoms with van der Waals surface area (Å²) in [5, 5.41) is 0. The second kappa shape index (κ2) is 21.8. The van der Waals surface area contributed by atoms with Crippen LogP contribution in [0.4, 0.5) is 0 Å². The van der Waals surface area contributed by atoms with Crippen molar-refractivity contribution in [3.05, 3.63) is 122 Å². The van der Waals surface area contributed by atoms with Gasteiger partial charge in [-0.2, -0.15) is 0 Å². The van der Waals surface area contributed by atoms with Crippen molar-refractivity contribution >= 4 is 44.7 Å². The van der Waals surface area contributed by atoms with Crippen molar-refractivity contribution < 1.29 is 37.9 Å². The average Bonchev–Trinajstić information content (AvgIpc) is 3.09. The summed E-state index contributed by atoms with van der Waals surface area (Å²) in [7, 11) is 0. The van der Waals surface area contributed by atoms with E-state index in [0.29, 0.717) is 46.0 Å². The zero-order valence-corrected chi connectivity index (χ0v) is 46.4. The van der Waals surface area contributed by atoms with Gasteiger partial charge in [0.2, 0.25) is 23.5 Å². The first-order chi connectivity index (χ1) is 40.8. The maximum Gasteiger partial charge on any atom is 0.238 e. The van der Waals surface area contributed by atoms with Gasteiger partial charge in [0.1, 0.15) is 44.8 Å². The number of H-pyrrole nitrogens is 2.